The van der Waals surface area contributed by atoms with Gasteiger partial charge in [0, 0.05) is 32.8 Å². The van der Waals surface area contributed by atoms with Crippen LogP contribution in [0, 0.1) is 0 Å². The number of aromatic carboxylic acids is 1. The number of furan rings is 1. The highest BCUT2D eigenvalue weighted by Gasteiger charge is 2.21. The lowest BCUT2D eigenvalue weighted by molar-refractivity contribution is 0.0665. The van der Waals surface area contributed by atoms with E-state index in [0.29, 0.717) is 5.39 Å². The first kappa shape index (κ1) is 15.8. The van der Waals surface area contributed by atoms with Gasteiger partial charge >= 0.3 is 5.97 Å². The monoisotopic (exact) mass is 374 g/mol. The minimum Gasteiger partial charge on any atom is -0.475 e. The van der Waals surface area contributed by atoms with E-state index < -0.39 is 5.97 Å². The minimum atomic E-state index is -1.21. The Hall–Kier alpha value is -1.08. The van der Waals surface area contributed by atoms with E-state index in [1.807, 2.05) is 0 Å². The molecule has 2 aromatic rings. The zero-order valence-electron chi connectivity index (χ0n) is 10.9. The smallest absolute Gasteiger partial charge is 0.371 e. The van der Waals surface area contributed by atoms with E-state index in [4.69, 9.17) is 32.7 Å². The third-order valence-corrected chi connectivity index (χ3v) is 6.42. The normalized spacial score (nSPS) is 14.5. The van der Waals surface area contributed by atoms with E-state index in [-0.39, 0.29) is 32.7 Å². The quantitative estimate of drug-likeness (QED) is 0.605. The fraction of sp³-hybridized carbons (Fsp3) is 0.143. The molecule has 1 fully saturated rings. The summed E-state index contributed by atoms with van der Waals surface area (Å²) in [5.74, 6) is 0.223. The SMILES string of the molecule is O=C(O)c1cc2cc(C(=O)C=C3SCCS3)c(Cl)c(Cl)c2o1. The molecule has 0 atom stereocenters. The van der Waals surface area contributed by atoms with Crippen LogP contribution in [0.15, 0.2) is 26.9 Å². The van der Waals surface area contributed by atoms with Crippen molar-refractivity contribution in [2.45, 2.75) is 0 Å². The first-order valence-corrected chi connectivity index (χ1v) is 8.86. The Morgan fingerprint density at radius 3 is 2.50 bits per heavy atom. The number of hydrogen-bond donors (Lipinski definition) is 1. The second kappa shape index (κ2) is 6.20. The van der Waals surface area contributed by atoms with E-state index in [9.17, 15) is 9.59 Å². The van der Waals surface area contributed by atoms with E-state index in [2.05, 4.69) is 0 Å². The van der Waals surface area contributed by atoms with Gasteiger partial charge in [-0.25, -0.2) is 4.79 Å². The van der Waals surface area contributed by atoms with Gasteiger partial charge in [0.1, 0.15) is 5.02 Å². The van der Waals surface area contributed by atoms with Crippen molar-refractivity contribution in [2.75, 3.05) is 11.5 Å². The van der Waals surface area contributed by atoms with Crippen molar-refractivity contribution in [3.63, 3.8) is 0 Å². The number of carboxylic acid groups (broad SMARTS) is 1. The van der Waals surface area contributed by atoms with E-state index in [0.717, 1.165) is 15.7 Å². The van der Waals surface area contributed by atoms with Crippen LogP contribution < -0.4 is 0 Å². The molecule has 1 aromatic carbocycles. The average molecular weight is 375 g/mol. The summed E-state index contributed by atoms with van der Waals surface area (Å²) in [7, 11) is 0. The van der Waals surface area contributed by atoms with Crippen molar-refractivity contribution in [2.24, 2.45) is 0 Å². The number of carbonyl (C=O) groups is 2. The fourth-order valence-electron chi connectivity index (χ4n) is 2.00. The lowest BCUT2D eigenvalue weighted by Gasteiger charge is -2.04. The van der Waals surface area contributed by atoms with Gasteiger partial charge in [-0.05, 0) is 12.1 Å². The number of ketones is 1. The molecule has 0 saturated carbocycles. The third-order valence-electron chi connectivity index (χ3n) is 2.99. The molecule has 3 rings (SSSR count). The van der Waals surface area contributed by atoms with Crippen molar-refractivity contribution in [1.82, 2.24) is 0 Å². The number of benzene rings is 1. The second-order valence-electron chi connectivity index (χ2n) is 4.41. The van der Waals surface area contributed by atoms with Crippen molar-refractivity contribution in [3.8, 4) is 0 Å². The van der Waals surface area contributed by atoms with Gasteiger partial charge in [-0.3, -0.25) is 4.79 Å². The predicted octanol–water partition coefficient (Wildman–Crippen LogP) is 4.94. The molecule has 0 bridgehead atoms. The maximum atomic E-state index is 12.4. The molecule has 4 nitrogen and oxygen atoms in total. The van der Waals surface area contributed by atoms with E-state index >= 15 is 0 Å². The summed E-state index contributed by atoms with van der Waals surface area (Å²) in [6.07, 6.45) is 1.53. The second-order valence-corrected chi connectivity index (χ2v) is 7.70. The average Bonchev–Trinajstić information content (AvgIpc) is 3.11. The van der Waals surface area contributed by atoms with Crippen LogP contribution in [-0.4, -0.2) is 28.4 Å². The lowest BCUT2D eigenvalue weighted by atomic mass is 10.1. The van der Waals surface area contributed by atoms with Gasteiger partial charge < -0.3 is 9.52 Å². The van der Waals surface area contributed by atoms with Crippen LogP contribution in [0.2, 0.25) is 10.0 Å². The van der Waals surface area contributed by atoms with Gasteiger partial charge in [-0.15, -0.1) is 23.5 Å². The van der Waals surface area contributed by atoms with Crippen LogP contribution in [0.25, 0.3) is 11.0 Å². The topological polar surface area (TPSA) is 67.5 Å². The standard InChI is InChI=1S/C14H8Cl2O4S2/c15-11-7(8(17)5-10-21-1-2-22-10)3-6-4-9(14(18)19)20-13(6)12(11)16/h3-5H,1-2H2,(H,18,19). The molecule has 0 radical (unpaired) electrons. The molecular weight excluding hydrogens is 367 g/mol. The Bertz CT molecular complexity index is 818. The number of thioether (sulfide) groups is 2. The molecule has 22 heavy (non-hydrogen) atoms. The van der Waals surface area contributed by atoms with Crippen LogP contribution in [0.5, 0.6) is 0 Å². The highest BCUT2D eigenvalue weighted by atomic mass is 35.5. The summed E-state index contributed by atoms with van der Waals surface area (Å²) < 4.78 is 6.10. The maximum absolute atomic E-state index is 12.4. The number of hydrogen-bond acceptors (Lipinski definition) is 5. The van der Waals surface area contributed by atoms with Gasteiger partial charge in [-0.2, -0.15) is 0 Å². The van der Waals surface area contributed by atoms with Crippen LogP contribution in [0.1, 0.15) is 20.9 Å². The lowest BCUT2D eigenvalue weighted by Crippen LogP contribution is -1.96. The predicted molar refractivity (Wildman–Crippen MR) is 90.5 cm³/mol. The summed E-state index contributed by atoms with van der Waals surface area (Å²) in [6.45, 7) is 0. The zero-order valence-corrected chi connectivity index (χ0v) is 14.0. The van der Waals surface area contributed by atoms with E-state index in [1.165, 1.54) is 18.2 Å². The number of halogens is 2. The summed E-state index contributed by atoms with van der Waals surface area (Å²) in [5.41, 5.74) is 0.399. The highest BCUT2D eigenvalue weighted by Crippen LogP contribution is 2.39. The Balaban J connectivity index is 2.09. The first-order valence-electron chi connectivity index (χ1n) is 6.14. The fourth-order valence-corrected chi connectivity index (χ4v) is 4.77. The molecule has 0 unspecified atom stereocenters. The summed E-state index contributed by atoms with van der Waals surface area (Å²) in [5, 5.41) is 9.50. The van der Waals surface area contributed by atoms with Crippen LogP contribution in [0.4, 0.5) is 0 Å². The molecule has 1 saturated heterocycles. The van der Waals surface area contributed by atoms with Crippen molar-refractivity contribution < 1.29 is 19.1 Å². The molecule has 114 valence electrons. The number of allylic oxidation sites excluding steroid dienone is 1. The molecule has 0 amide bonds. The van der Waals surface area contributed by atoms with Crippen LogP contribution in [-0.2, 0) is 0 Å². The molecule has 0 spiro atoms. The van der Waals surface area contributed by atoms with Gasteiger partial charge in [0.25, 0.3) is 0 Å². The molecule has 0 aliphatic carbocycles. The van der Waals surface area contributed by atoms with Crippen molar-refractivity contribution >= 4 is 69.4 Å². The Morgan fingerprint density at radius 2 is 1.86 bits per heavy atom. The summed E-state index contributed by atoms with van der Waals surface area (Å²) >= 11 is 15.5. The number of carbonyl (C=O) groups excluding carboxylic acids is 1. The molecule has 1 aliphatic rings. The Kier molecular flexibility index (Phi) is 4.45. The molecule has 8 heteroatoms. The molecular formula is C14H8Cl2O4S2. The van der Waals surface area contributed by atoms with Gasteiger partial charge in [0.2, 0.25) is 5.76 Å². The Morgan fingerprint density at radius 1 is 1.18 bits per heavy atom. The van der Waals surface area contributed by atoms with Crippen LogP contribution >= 0.6 is 46.7 Å². The van der Waals surface area contributed by atoms with Gasteiger partial charge in [0.05, 0.1) is 5.02 Å². The zero-order chi connectivity index (χ0) is 15.9. The number of carboxylic acids is 1. The molecule has 1 aromatic heterocycles. The van der Waals surface area contributed by atoms with Gasteiger partial charge in [0.15, 0.2) is 11.4 Å². The number of rotatable bonds is 3. The molecule has 2 heterocycles. The van der Waals surface area contributed by atoms with Crippen molar-refractivity contribution in [1.29, 1.82) is 0 Å². The van der Waals surface area contributed by atoms with Gasteiger partial charge in [-0.1, -0.05) is 23.2 Å². The largest absolute Gasteiger partial charge is 0.475 e. The van der Waals surface area contributed by atoms with Crippen molar-refractivity contribution in [3.05, 3.63) is 43.8 Å². The van der Waals surface area contributed by atoms with E-state index in [1.54, 1.807) is 23.5 Å². The first-order chi connectivity index (χ1) is 10.5. The highest BCUT2D eigenvalue weighted by molar-refractivity contribution is 8.25. The number of fused-ring (bicyclic) bond motifs is 1. The summed E-state index contributed by atoms with van der Waals surface area (Å²) in [4.78, 5) is 23.3. The maximum Gasteiger partial charge on any atom is 0.371 e. The molecule has 1 N–H and O–H groups in total. The minimum absolute atomic E-state index is 0.0418. The van der Waals surface area contributed by atoms with Crippen LogP contribution in [0.3, 0.4) is 0 Å². The third kappa shape index (κ3) is 2.88. The molecule has 1 aliphatic heterocycles. The Labute approximate surface area is 143 Å². The summed E-state index contributed by atoms with van der Waals surface area (Å²) in [6, 6.07) is 2.83.